The van der Waals surface area contributed by atoms with Crippen LogP contribution in [-0.4, -0.2) is 36.0 Å². The Labute approximate surface area is 188 Å². The Balaban J connectivity index is 1.52. The van der Waals surface area contributed by atoms with Gasteiger partial charge < -0.3 is 10.1 Å². The third-order valence-electron chi connectivity index (χ3n) is 5.93. The molecule has 0 radical (unpaired) electrons. The fourth-order valence-electron chi connectivity index (χ4n) is 4.38. The predicted molar refractivity (Wildman–Crippen MR) is 122 cm³/mol. The first-order chi connectivity index (χ1) is 15.6. The number of carbonyl (C=O) groups is 1. The van der Waals surface area contributed by atoms with E-state index in [4.69, 9.17) is 4.74 Å². The highest BCUT2D eigenvalue weighted by Crippen LogP contribution is 2.30. The lowest BCUT2D eigenvalue weighted by Crippen LogP contribution is -2.43. The number of hydrogen-bond acceptors (Lipinski definition) is 4. The SMILES string of the molecule is COc1cccc(CN2CCCC(C(NC(=O)c3cccc(F)c3)c3ccccn3)C2)c1. The van der Waals surface area contributed by atoms with Crippen LogP contribution in [0.4, 0.5) is 4.39 Å². The lowest BCUT2D eigenvalue weighted by Gasteiger charge is -2.37. The number of pyridine rings is 1. The summed E-state index contributed by atoms with van der Waals surface area (Å²) in [6, 6.07) is 19.4. The van der Waals surface area contributed by atoms with Crippen molar-refractivity contribution in [3.8, 4) is 5.75 Å². The average Bonchev–Trinajstić information content (AvgIpc) is 2.83. The van der Waals surface area contributed by atoms with Crippen LogP contribution in [0.1, 0.15) is 40.5 Å². The molecule has 2 heterocycles. The normalized spacial score (nSPS) is 17.5. The molecule has 32 heavy (non-hydrogen) atoms. The summed E-state index contributed by atoms with van der Waals surface area (Å²) in [6.45, 7) is 2.66. The Kier molecular flexibility index (Phi) is 7.12. The second-order valence-corrected chi connectivity index (χ2v) is 8.21. The molecule has 1 aliphatic rings. The van der Waals surface area contributed by atoms with Gasteiger partial charge in [0, 0.05) is 24.8 Å². The van der Waals surface area contributed by atoms with Crippen molar-refractivity contribution < 1.29 is 13.9 Å². The maximum atomic E-state index is 13.6. The standard InChI is InChI=1S/C26H28FN3O2/c1-32-23-11-4-7-19(15-23)17-30-14-6-9-21(18-30)25(24-12-2-3-13-28-24)29-26(31)20-8-5-10-22(27)16-20/h2-5,7-8,10-13,15-16,21,25H,6,9,14,17-18H2,1H3,(H,29,31). The highest BCUT2D eigenvalue weighted by atomic mass is 19.1. The molecule has 1 fully saturated rings. The molecule has 0 saturated carbocycles. The molecule has 0 spiro atoms. The fourth-order valence-corrected chi connectivity index (χ4v) is 4.38. The van der Waals surface area contributed by atoms with Crippen LogP contribution in [0.5, 0.6) is 5.75 Å². The van der Waals surface area contributed by atoms with Crippen LogP contribution in [0.2, 0.25) is 0 Å². The van der Waals surface area contributed by atoms with E-state index in [0.29, 0.717) is 5.56 Å². The topological polar surface area (TPSA) is 54.5 Å². The van der Waals surface area contributed by atoms with Gasteiger partial charge in [0.1, 0.15) is 11.6 Å². The summed E-state index contributed by atoms with van der Waals surface area (Å²) >= 11 is 0. The monoisotopic (exact) mass is 433 g/mol. The van der Waals surface area contributed by atoms with Gasteiger partial charge in [0.15, 0.2) is 0 Å². The molecule has 166 valence electrons. The third-order valence-corrected chi connectivity index (χ3v) is 5.93. The number of nitrogens with one attached hydrogen (secondary N) is 1. The van der Waals surface area contributed by atoms with Gasteiger partial charge in [0.2, 0.25) is 0 Å². The maximum Gasteiger partial charge on any atom is 0.251 e. The van der Waals surface area contributed by atoms with E-state index in [0.717, 1.165) is 43.9 Å². The summed E-state index contributed by atoms with van der Waals surface area (Å²) in [4.78, 5) is 19.9. The van der Waals surface area contributed by atoms with Crippen molar-refractivity contribution in [2.75, 3.05) is 20.2 Å². The molecule has 2 aromatic carbocycles. The van der Waals surface area contributed by atoms with Gasteiger partial charge in [-0.25, -0.2) is 4.39 Å². The third kappa shape index (κ3) is 5.51. The van der Waals surface area contributed by atoms with Gasteiger partial charge in [-0.2, -0.15) is 0 Å². The van der Waals surface area contributed by atoms with Crippen LogP contribution < -0.4 is 10.1 Å². The zero-order valence-electron chi connectivity index (χ0n) is 18.2. The minimum absolute atomic E-state index is 0.196. The van der Waals surface area contributed by atoms with E-state index in [2.05, 4.69) is 27.3 Å². The van der Waals surface area contributed by atoms with E-state index in [1.54, 1.807) is 25.4 Å². The predicted octanol–water partition coefficient (Wildman–Crippen LogP) is 4.61. The smallest absolute Gasteiger partial charge is 0.251 e. The summed E-state index contributed by atoms with van der Waals surface area (Å²) in [7, 11) is 1.68. The molecule has 6 heteroatoms. The molecule has 1 amide bonds. The molecule has 1 aromatic heterocycles. The van der Waals surface area contributed by atoms with Crippen LogP contribution >= 0.6 is 0 Å². The largest absolute Gasteiger partial charge is 0.497 e. The number of methoxy groups -OCH3 is 1. The van der Waals surface area contributed by atoms with E-state index in [1.165, 1.54) is 17.7 Å². The number of rotatable bonds is 7. The zero-order valence-corrected chi connectivity index (χ0v) is 18.2. The molecule has 5 nitrogen and oxygen atoms in total. The zero-order chi connectivity index (χ0) is 22.3. The first kappa shape index (κ1) is 22.0. The summed E-state index contributed by atoms with van der Waals surface area (Å²) in [5.74, 6) is 0.339. The van der Waals surface area contributed by atoms with E-state index < -0.39 is 5.82 Å². The molecule has 4 rings (SSSR count). The molecule has 2 atom stereocenters. The molecule has 3 aromatic rings. The number of halogens is 1. The number of hydrogen-bond donors (Lipinski definition) is 1. The maximum absolute atomic E-state index is 13.6. The van der Waals surface area contributed by atoms with Crippen LogP contribution in [-0.2, 0) is 6.54 Å². The van der Waals surface area contributed by atoms with Gasteiger partial charge in [0.05, 0.1) is 18.8 Å². The van der Waals surface area contributed by atoms with Gasteiger partial charge in [0.25, 0.3) is 5.91 Å². The minimum atomic E-state index is -0.422. The highest BCUT2D eigenvalue weighted by Gasteiger charge is 2.30. The molecule has 0 aliphatic carbocycles. The number of carbonyl (C=O) groups excluding carboxylic acids is 1. The van der Waals surface area contributed by atoms with Crippen molar-refractivity contribution in [1.29, 1.82) is 0 Å². The van der Waals surface area contributed by atoms with Crippen LogP contribution in [0, 0.1) is 11.7 Å². The Morgan fingerprint density at radius 1 is 1.19 bits per heavy atom. The summed E-state index contributed by atoms with van der Waals surface area (Å²) in [5, 5.41) is 3.13. The minimum Gasteiger partial charge on any atom is -0.497 e. The van der Waals surface area contributed by atoms with Gasteiger partial charge >= 0.3 is 0 Å². The molecule has 0 bridgehead atoms. The van der Waals surface area contributed by atoms with Crippen molar-refractivity contribution >= 4 is 5.91 Å². The lowest BCUT2D eigenvalue weighted by atomic mass is 9.88. The number of amides is 1. The Morgan fingerprint density at radius 2 is 2.06 bits per heavy atom. The van der Waals surface area contributed by atoms with Crippen LogP contribution in [0.3, 0.4) is 0 Å². The number of benzene rings is 2. The number of nitrogens with zero attached hydrogens (tertiary/aromatic N) is 2. The first-order valence-corrected chi connectivity index (χ1v) is 10.9. The van der Waals surface area contributed by atoms with Crippen LogP contribution in [0.15, 0.2) is 72.9 Å². The van der Waals surface area contributed by atoms with Gasteiger partial charge in [-0.15, -0.1) is 0 Å². The van der Waals surface area contributed by atoms with Crippen molar-refractivity contribution in [2.24, 2.45) is 5.92 Å². The first-order valence-electron chi connectivity index (χ1n) is 10.9. The van der Waals surface area contributed by atoms with Crippen molar-refractivity contribution in [3.05, 3.63) is 95.6 Å². The fraction of sp³-hybridized carbons (Fsp3) is 0.308. The Morgan fingerprint density at radius 3 is 2.84 bits per heavy atom. The van der Waals surface area contributed by atoms with E-state index in [-0.39, 0.29) is 17.9 Å². The molecule has 1 N–H and O–H groups in total. The summed E-state index contributed by atoms with van der Waals surface area (Å²) in [5.41, 5.74) is 2.34. The number of ether oxygens (including phenoxy) is 1. The second-order valence-electron chi connectivity index (χ2n) is 8.21. The van der Waals surface area contributed by atoms with E-state index in [1.807, 2.05) is 30.3 Å². The van der Waals surface area contributed by atoms with Crippen LogP contribution in [0.25, 0.3) is 0 Å². The lowest BCUT2D eigenvalue weighted by molar-refractivity contribution is 0.0874. The Hall–Kier alpha value is -3.25. The number of aromatic nitrogens is 1. The average molecular weight is 434 g/mol. The number of piperidine rings is 1. The molecular formula is C26H28FN3O2. The van der Waals surface area contributed by atoms with Crippen molar-refractivity contribution in [2.45, 2.75) is 25.4 Å². The van der Waals surface area contributed by atoms with Gasteiger partial charge in [-0.3, -0.25) is 14.7 Å². The van der Waals surface area contributed by atoms with Crippen molar-refractivity contribution in [1.82, 2.24) is 15.2 Å². The molecule has 2 unspecified atom stereocenters. The second kappa shape index (κ2) is 10.4. The number of likely N-dealkylation sites (tertiary alicyclic amines) is 1. The van der Waals surface area contributed by atoms with Crippen molar-refractivity contribution in [3.63, 3.8) is 0 Å². The van der Waals surface area contributed by atoms with Gasteiger partial charge in [-0.05, 0) is 73.3 Å². The van der Waals surface area contributed by atoms with E-state index >= 15 is 0 Å². The molecular weight excluding hydrogens is 405 g/mol. The summed E-state index contributed by atoms with van der Waals surface area (Å²) < 4.78 is 19.0. The molecule has 1 aliphatic heterocycles. The Bertz CT molecular complexity index is 1040. The van der Waals surface area contributed by atoms with Gasteiger partial charge in [-0.1, -0.05) is 24.3 Å². The van der Waals surface area contributed by atoms with E-state index in [9.17, 15) is 9.18 Å². The quantitative estimate of drug-likeness (QED) is 0.591. The summed E-state index contributed by atoms with van der Waals surface area (Å²) in [6.07, 6.45) is 3.76. The highest BCUT2D eigenvalue weighted by molar-refractivity contribution is 5.94. The molecule has 1 saturated heterocycles.